The van der Waals surface area contributed by atoms with Gasteiger partial charge in [0.25, 0.3) is 0 Å². The predicted octanol–water partition coefficient (Wildman–Crippen LogP) is 4.69. The number of hydrogen-bond donors (Lipinski definition) is 1. The molecule has 3 aromatic rings. The molecule has 0 aliphatic carbocycles. The van der Waals surface area contributed by atoms with Crippen molar-refractivity contribution in [2.75, 3.05) is 29.1 Å². The van der Waals surface area contributed by atoms with Crippen LogP contribution in [0.5, 0.6) is 0 Å². The summed E-state index contributed by atoms with van der Waals surface area (Å²) in [6.45, 7) is 1.88. The number of carbonyl (C=O) groups excluding carboxylic acids is 1. The van der Waals surface area contributed by atoms with Crippen LogP contribution in [0.1, 0.15) is 19.3 Å². The van der Waals surface area contributed by atoms with Crippen molar-refractivity contribution in [3.05, 3.63) is 52.5 Å². The van der Waals surface area contributed by atoms with Gasteiger partial charge in [0.15, 0.2) is 0 Å². The molecule has 0 radical (unpaired) electrons. The van der Waals surface area contributed by atoms with Crippen LogP contribution in [0.25, 0.3) is 5.69 Å². The second kappa shape index (κ2) is 9.68. The van der Waals surface area contributed by atoms with Crippen LogP contribution in [0.2, 0.25) is 10.0 Å². The maximum atomic E-state index is 12.7. The molecular formula is C20H20Cl2N6OS. The Kier molecular flexibility index (Phi) is 6.76. The van der Waals surface area contributed by atoms with Gasteiger partial charge in [-0.1, -0.05) is 41.0 Å². The third-order valence-electron chi connectivity index (χ3n) is 4.78. The van der Waals surface area contributed by atoms with E-state index in [1.54, 1.807) is 16.8 Å². The summed E-state index contributed by atoms with van der Waals surface area (Å²) in [5.41, 5.74) is 2.39. The number of thioether (sulfide) groups is 1. The molecule has 0 spiro atoms. The molecule has 2 heterocycles. The Morgan fingerprint density at radius 2 is 1.83 bits per heavy atom. The van der Waals surface area contributed by atoms with Crippen LogP contribution in [0.15, 0.2) is 47.6 Å². The molecular weight excluding hydrogens is 443 g/mol. The molecule has 4 rings (SSSR count). The van der Waals surface area contributed by atoms with Crippen molar-refractivity contribution >= 4 is 52.2 Å². The summed E-state index contributed by atoms with van der Waals surface area (Å²) in [5, 5.41) is 16.5. The van der Waals surface area contributed by atoms with E-state index in [0.717, 1.165) is 43.0 Å². The Morgan fingerprint density at radius 1 is 1.07 bits per heavy atom. The molecule has 1 fully saturated rings. The van der Waals surface area contributed by atoms with Gasteiger partial charge in [-0.2, -0.15) is 4.68 Å². The number of anilines is 2. The van der Waals surface area contributed by atoms with E-state index in [2.05, 4.69) is 25.7 Å². The van der Waals surface area contributed by atoms with Gasteiger partial charge in [0, 0.05) is 18.1 Å². The number of tetrazole rings is 1. The molecule has 1 saturated heterocycles. The van der Waals surface area contributed by atoms with E-state index in [-0.39, 0.29) is 11.7 Å². The summed E-state index contributed by atoms with van der Waals surface area (Å²) in [7, 11) is 0. The monoisotopic (exact) mass is 462 g/mol. The third kappa shape index (κ3) is 4.88. The Morgan fingerprint density at radius 3 is 2.60 bits per heavy atom. The minimum absolute atomic E-state index is 0.147. The van der Waals surface area contributed by atoms with Gasteiger partial charge >= 0.3 is 0 Å². The molecule has 1 N–H and O–H groups in total. The van der Waals surface area contributed by atoms with Gasteiger partial charge in [0.2, 0.25) is 11.1 Å². The number of para-hydroxylation sites is 1. The Labute approximate surface area is 188 Å². The van der Waals surface area contributed by atoms with E-state index >= 15 is 0 Å². The molecule has 1 aromatic heterocycles. The quantitative estimate of drug-likeness (QED) is 0.535. The van der Waals surface area contributed by atoms with Gasteiger partial charge in [-0.3, -0.25) is 4.79 Å². The molecule has 1 aliphatic heterocycles. The number of carbonyl (C=O) groups is 1. The summed E-state index contributed by atoms with van der Waals surface area (Å²) in [6.07, 6.45) is 3.48. The largest absolute Gasteiger partial charge is 0.369 e. The summed E-state index contributed by atoms with van der Waals surface area (Å²) >= 11 is 13.7. The fourth-order valence-electron chi connectivity index (χ4n) is 3.38. The number of rotatable bonds is 6. The molecule has 30 heavy (non-hydrogen) atoms. The Hall–Kier alpha value is -2.29. The summed E-state index contributed by atoms with van der Waals surface area (Å²) < 4.78 is 1.58. The van der Waals surface area contributed by atoms with Crippen LogP contribution in [0, 0.1) is 0 Å². The molecule has 156 valence electrons. The summed E-state index contributed by atoms with van der Waals surface area (Å²) in [6, 6.07) is 12.8. The highest BCUT2D eigenvalue weighted by Gasteiger charge is 2.19. The molecule has 10 heteroatoms. The number of amides is 1. The van der Waals surface area contributed by atoms with E-state index in [0.29, 0.717) is 15.2 Å². The van der Waals surface area contributed by atoms with E-state index in [4.69, 9.17) is 23.2 Å². The van der Waals surface area contributed by atoms with Crippen LogP contribution >= 0.6 is 35.0 Å². The van der Waals surface area contributed by atoms with Crippen LogP contribution in [0.4, 0.5) is 11.4 Å². The average molecular weight is 463 g/mol. The molecule has 1 aliphatic rings. The molecule has 2 aromatic carbocycles. The third-order valence-corrected chi connectivity index (χ3v) is 6.25. The zero-order valence-corrected chi connectivity index (χ0v) is 18.4. The zero-order chi connectivity index (χ0) is 20.9. The van der Waals surface area contributed by atoms with Crippen LogP contribution in [-0.2, 0) is 4.79 Å². The second-order valence-corrected chi connectivity index (χ2v) is 8.66. The normalized spacial score (nSPS) is 14.0. The van der Waals surface area contributed by atoms with Crippen molar-refractivity contribution in [3.8, 4) is 5.69 Å². The number of hydrogen-bond acceptors (Lipinski definition) is 6. The Bertz CT molecular complexity index is 1020. The topological polar surface area (TPSA) is 75.9 Å². The van der Waals surface area contributed by atoms with Gasteiger partial charge < -0.3 is 10.2 Å². The van der Waals surface area contributed by atoms with Crippen molar-refractivity contribution in [3.63, 3.8) is 0 Å². The van der Waals surface area contributed by atoms with E-state index in [1.807, 2.05) is 30.3 Å². The van der Waals surface area contributed by atoms with E-state index in [1.165, 1.54) is 18.2 Å². The van der Waals surface area contributed by atoms with Gasteiger partial charge in [-0.25, -0.2) is 0 Å². The van der Waals surface area contributed by atoms with Crippen LogP contribution < -0.4 is 10.2 Å². The average Bonchev–Trinajstić information content (AvgIpc) is 3.22. The number of benzene rings is 2. The lowest BCUT2D eigenvalue weighted by Crippen LogP contribution is -2.31. The van der Waals surface area contributed by atoms with Crippen LogP contribution in [-0.4, -0.2) is 45.0 Å². The molecule has 7 nitrogen and oxygen atoms in total. The maximum absolute atomic E-state index is 12.7. The Balaban J connectivity index is 1.44. The van der Waals surface area contributed by atoms with Crippen molar-refractivity contribution in [2.24, 2.45) is 0 Å². The maximum Gasteiger partial charge on any atom is 0.234 e. The number of nitrogens with zero attached hydrogens (tertiary/aromatic N) is 5. The first-order chi connectivity index (χ1) is 14.6. The van der Waals surface area contributed by atoms with Gasteiger partial charge in [-0.05, 0) is 66.1 Å². The lowest BCUT2D eigenvalue weighted by Gasteiger charge is -2.31. The van der Waals surface area contributed by atoms with Crippen molar-refractivity contribution in [2.45, 2.75) is 24.4 Å². The molecule has 0 saturated carbocycles. The number of halogens is 2. The highest BCUT2D eigenvalue weighted by Crippen LogP contribution is 2.35. The molecule has 0 bridgehead atoms. The smallest absolute Gasteiger partial charge is 0.234 e. The fourth-order valence-corrected chi connectivity index (χ4v) is 4.50. The number of nitrogens with one attached hydrogen (secondary N) is 1. The van der Waals surface area contributed by atoms with Crippen molar-refractivity contribution < 1.29 is 4.79 Å². The summed E-state index contributed by atoms with van der Waals surface area (Å²) in [5.74, 6) is 0.0195. The van der Waals surface area contributed by atoms with Crippen molar-refractivity contribution in [1.29, 1.82) is 0 Å². The standard InChI is InChI=1S/C20H20Cl2N6OS/c21-14-7-9-15(10-8-14)28-20(24-25-26-28)30-13-18(29)23-17-6-4-5-16(22)19(17)27-11-2-1-3-12-27/h4-10H,1-3,11-13H2,(H,23,29). The molecule has 0 atom stereocenters. The first-order valence-electron chi connectivity index (χ1n) is 9.62. The highest BCUT2D eigenvalue weighted by atomic mass is 35.5. The van der Waals surface area contributed by atoms with Crippen LogP contribution in [0.3, 0.4) is 0 Å². The second-order valence-electron chi connectivity index (χ2n) is 6.87. The predicted molar refractivity (Wildman–Crippen MR) is 121 cm³/mol. The van der Waals surface area contributed by atoms with Crippen molar-refractivity contribution in [1.82, 2.24) is 20.2 Å². The minimum Gasteiger partial charge on any atom is -0.369 e. The van der Waals surface area contributed by atoms with Gasteiger partial charge in [0.1, 0.15) is 0 Å². The SMILES string of the molecule is O=C(CSc1nnnn1-c1ccc(Cl)cc1)Nc1cccc(Cl)c1N1CCCCC1. The lowest BCUT2D eigenvalue weighted by molar-refractivity contribution is -0.113. The highest BCUT2D eigenvalue weighted by molar-refractivity contribution is 7.99. The lowest BCUT2D eigenvalue weighted by atomic mass is 10.1. The first-order valence-corrected chi connectivity index (χ1v) is 11.4. The molecule has 1 amide bonds. The minimum atomic E-state index is -0.147. The fraction of sp³-hybridized carbons (Fsp3) is 0.300. The van der Waals surface area contributed by atoms with Gasteiger partial charge in [0.05, 0.1) is 27.8 Å². The zero-order valence-electron chi connectivity index (χ0n) is 16.1. The first kappa shape index (κ1) is 21.0. The number of aromatic nitrogens is 4. The summed E-state index contributed by atoms with van der Waals surface area (Å²) in [4.78, 5) is 14.9. The number of piperidine rings is 1. The molecule has 0 unspecified atom stereocenters. The van der Waals surface area contributed by atoms with E-state index in [9.17, 15) is 4.79 Å². The van der Waals surface area contributed by atoms with Gasteiger partial charge in [-0.15, -0.1) is 5.10 Å². The van der Waals surface area contributed by atoms with E-state index < -0.39 is 0 Å².